The van der Waals surface area contributed by atoms with E-state index >= 15 is 0 Å². The van der Waals surface area contributed by atoms with Crippen molar-refractivity contribution in [3.05, 3.63) is 362 Å². The summed E-state index contributed by atoms with van der Waals surface area (Å²) in [5.74, 6) is 0. The molecule has 21 rings (SSSR count). The van der Waals surface area contributed by atoms with Gasteiger partial charge in [-0.3, -0.25) is 0 Å². The van der Waals surface area contributed by atoms with Gasteiger partial charge in [0.2, 0.25) is 0 Å². The molecule has 0 saturated carbocycles. The number of rotatable bonds is 7. The Morgan fingerprint density at radius 2 is 0.684 bits per heavy atom. The second kappa shape index (κ2) is 19.8. The van der Waals surface area contributed by atoms with Crippen LogP contribution in [-0.2, 0) is 5.41 Å². The summed E-state index contributed by atoms with van der Waals surface area (Å²) in [5, 5.41) is 12.3. The third-order valence-corrected chi connectivity index (χ3v) is 21.1. The first-order chi connectivity index (χ1) is 47.1. The Bertz CT molecular complexity index is 6570. The lowest BCUT2D eigenvalue weighted by Crippen LogP contribution is -2.28. The van der Waals surface area contributed by atoms with E-state index in [1.807, 2.05) is 0 Å². The maximum atomic E-state index is 2.55. The molecule has 0 amide bonds. The van der Waals surface area contributed by atoms with Crippen molar-refractivity contribution in [3.8, 4) is 55.9 Å². The van der Waals surface area contributed by atoms with Gasteiger partial charge in [0, 0.05) is 43.7 Å². The Labute approximate surface area is 546 Å². The van der Waals surface area contributed by atoms with Crippen molar-refractivity contribution in [2.45, 2.75) is 5.41 Å². The van der Waals surface area contributed by atoms with Gasteiger partial charge in [0.15, 0.2) is 0 Å². The summed E-state index contributed by atoms with van der Waals surface area (Å²) in [7, 11) is 0. The number of fused-ring (bicyclic) bond motifs is 14. The fourth-order valence-corrected chi connectivity index (χ4v) is 17.0. The lowest BCUT2D eigenvalue weighted by molar-refractivity contribution is 0.768. The molecule has 4 heteroatoms. The molecule has 0 aliphatic heterocycles. The summed E-state index contributed by atoms with van der Waals surface area (Å²) < 4.78 is 10.1. The van der Waals surface area contributed by atoms with Crippen LogP contribution >= 0.6 is 0 Å². The lowest BCUT2D eigenvalue weighted by Gasteiger charge is -2.34. The molecule has 4 aromatic heterocycles. The number of aromatic nitrogens is 4. The van der Waals surface area contributed by atoms with Crippen molar-refractivity contribution in [3.63, 3.8) is 0 Å². The van der Waals surface area contributed by atoms with E-state index < -0.39 is 5.41 Å². The lowest BCUT2D eigenvalue weighted by atomic mass is 9.67. The van der Waals surface area contributed by atoms with Crippen molar-refractivity contribution >= 4 is 109 Å². The van der Waals surface area contributed by atoms with Gasteiger partial charge >= 0.3 is 0 Å². The zero-order chi connectivity index (χ0) is 62.0. The summed E-state index contributed by atoms with van der Waals surface area (Å²) >= 11 is 0. The van der Waals surface area contributed by atoms with Crippen LogP contribution in [0.1, 0.15) is 22.3 Å². The minimum atomic E-state index is -0.647. The summed E-state index contributed by atoms with van der Waals surface area (Å²) in [5.41, 5.74) is 27.9. The van der Waals surface area contributed by atoms with E-state index in [2.05, 4.69) is 358 Å². The van der Waals surface area contributed by atoms with Crippen LogP contribution in [0.4, 0.5) is 0 Å². The van der Waals surface area contributed by atoms with Gasteiger partial charge in [0.1, 0.15) is 0 Å². The first kappa shape index (κ1) is 52.2. The fraction of sp³-hybridized carbons (Fsp3) is 0.0110. The average Bonchev–Trinajstić information content (AvgIpc) is 1.57. The largest absolute Gasteiger partial charge is 0.308 e. The second-order valence-electron chi connectivity index (χ2n) is 25.9. The number of hydrogen-bond acceptors (Lipinski definition) is 0. The van der Waals surface area contributed by atoms with Gasteiger partial charge in [-0.05, 0) is 173 Å². The summed E-state index contributed by atoms with van der Waals surface area (Å²) in [6, 6.07) is 128. The summed E-state index contributed by atoms with van der Waals surface area (Å²) in [6.07, 6.45) is 0. The smallest absolute Gasteiger partial charge is 0.0713 e. The highest BCUT2D eigenvalue weighted by molar-refractivity contribution is 6.25. The maximum Gasteiger partial charge on any atom is 0.0713 e. The predicted molar refractivity (Wildman–Crippen MR) is 398 cm³/mol. The molecule has 0 atom stereocenters. The summed E-state index contributed by atoms with van der Waals surface area (Å²) in [4.78, 5) is 0. The minimum Gasteiger partial charge on any atom is -0.308 e. The minimum absolute atomic E-state index is 0.647. The standard InChI is InChI=1S/C91H56N4/c1-5-19-57(20-6-1)59-37-43-69(44-38-59)92-82-33-17-23-60-39-48-74-72-29-13-14-30-79(72)94(89(74)87(60)82)86-55-66-51-62(35-36-65(66)54-85(86)92)63-41-46-71-76-56-70(45-50-77(76)91(78(71)52-63,67-25-9-3-10-26-67)68-27-11-4-12-28-68)93-80-31-15-16-32-81(80)95-84-53-64(58-21-7-2-8-22-58)42-47-73(84)75-49-40-61-24-18-34-83(93)88(61)90(75)95/h1-56H. The van der Waals surface area contributed by atoms with E-state index in [1.54, 1.807) is 0 Å². The van der Waals surface area contributed by atoms with Crippen LogP contribution in [0.3, 0.4) is 0 Å². The van der Waals surface area contributed by atoms with Gasteiger partial charge in [-0.25, -0.2) is 0 Å². The molecule has 0 bridgehead atoms. The molecule has 1 aliphatic rings. The van der Waals surface area contributed by atoms with Crippen molar-refractivity contribution in [1.82, 2.24) is 17.9 Å². The SMILES string of the molecule is c1ccc(-c2ccc(-n3c4cccc5ccc6c7ccccc7n(c7cc8cc(-c9ccc%10c(c9)C(c9ccccc9)(c9ccccc9)c9ccc(-n%11c%12cccc%13ccc%14c%15ccc(-c%16ccccc%16)cc%15n(c%15ccccc%15%11)c%14c%13%12)cc9-%10)ccc8cc73)c6c54)cc2)cc1. The Morgan fingerprint density at radius 3 is 1.37 bits per heavy atom. The molecule has 0 N–H and O–H groups in total. The molecule has 4 heterocycles. The normalized spacial score (nSPS) is 12.9. The highest BCUT2D eigenvalue weighted by Crippen LogP contribution is 2.58. The molecule has 4 nitrogen and oxygen atoms in total. The van der Waals surface area contributed by atoms with Gasteiger partial charge < -0.3 is 17.9 Å². The quantitative estimate of drug-likeness (QED) is 0.151. The zero-order valence-corrected chi connectivity index (χ0v) is 51.6. The van der Waals surface area contributed by atoms with Gasteiger partial charge in [-0.1, -0.05) is 255 Å². The van der Waals surface area contributed by atoms with E-state index in [4.69, 9.17) is 0 Å². The molecule has 16 aromatic carbocycles. The van der Waals surface area contributed by atoms with Crippen LogP contribution in [0.2, 0.25) is 0 Å². The van der Waals surface area contributed by atoms with Crippen molar-refractivity contribution in [1.29, 1.82) is 0 Å². The van der Waals surface area contributed by atoms with Crippen LogP contribution in [0, 0.1) is 0 Å². The first-order valence-electron chi connectivity index (χ1n) is 33.0. The highest BCUT2D eigenvalue weighted by Gasteiger charge is 2.46. The molecule has 0 radical (unpaired) electrons. The molecule has 95 heavy (non-hydrogen) atoms. The molecule has 440 valence electrons. The molecule has 20 aromatic rings. The third kappa shape index (κ3) is 7.31. The van der Waals surface area contributed by atoms with Gasteiger partial charge in [-0.2, -0.15) is 0 Å². The van der Waals surface area contributed by atoms with Gasteiger partial charge in [0.05, 0.1) is 60.6 Å². The molecular weight excluding hydrogens is 1150 g/mol. The van der Waals surface area contributed by atoms with Crippen LogP contribution in [0.15, 0.2) is 340 Å². The first-order valence-corrected chi connectivity index (χ1v) is 33.0. The van der Waals surface area contributed by atoms with Crippen molar-refractivity contribution in [2.75, 3.05) is 0 Å². The topological polar surface area (TPSA) is 18.7 Å². The zero-order valence-electron chi connectivity index (χ0n) is 51.6. The van der Waals surface area contributed by atoms with Crippen molar-refractivity contribution in [2.24, 2.45) is 0 Å². The predicted octanol–water partition coefficient (Wildman–Crippen LogP) is 23.5. The van der Waals surface area contributed by atoms with E-state index in [-0.39, 0.29) is 0 Å². The van der Waals surface area contributed by atoms with Crippen LogP contribution < -0.4 is 0 Å². The van der Waals surface area contributed by atoms with Gasteiger partial charge in [-0.15, -0.1) is 0 Å². The monoisotopic (exact) mass is 1200 g/mol. The Hall–Kier alpha value is -12.5. The molecule has 1 aliphatic carbocycles. The number of nitrogens with zero attached hydrogens (tertiary/aromatic N) is 4. The Kier molecular flexibility index (Phi) is 10.8. The number of hydrogen-bond donors (Lipinski definition) is 0. The van der Waals surface area contributed by atoms with Crippen LogP contribution in [0.5, 0.6) is 0 Å². The number of para-hydroxylation sites is 3. The average molecular weight is 1210 g/mol. The maximum absolute atomic E-state index is 2.55. The van der Waals surface area contributed by atoms with Gasteiger partial charge in [0.25, 0.3) is 0 Å². The highest BCUT2D eigenvalue weighted by atomic mass is 15.0. The molecule has 0 fully saturated rings. The van der Waals surface area contributed by atoms with Crippen molar-refractivity contribution < 1.29 is 0 Å². The van der Waals surface area contributed by atoms with Crippen LogP contribution in [0.25, 0.3) is 165 Å². The Balaban J connectivity index is 0.797. The second-order valence-corrected chi connectivity index (χ2v) is 25.9. The van der Waals surface area contributed by atoms with Crippen LogP contribution in [-0.4, -0.2) is 17.9 Å². The summed E-state index contributed by atoms with van der Waals surface area (Å²) in [6.45, 7) is 0. The molecule has 0 spiro atoms. The number of benzene rings is 16. The third-order valence-electron chi connectivity index (χ3n) is 21.1. The molecule has 0 saturated heterocycles. The molecule has 0 unspecified atom stereocenters. The van der Waals surface area contributed by atoms with E-state index in [0.717, 1.165) is 44.5 Å². The van der Waals surface area contributed by atoms with E-state index in [9.17, 15) is 0 Å². The Morgan fingerprint density at radius 1 is 0.211 bits per heavy atom. The van der Waals surface area contributed by atoms with E-state index in [1.165, 1.54) is 143 Å². The molecular formula is C91H56N4. The fourth-order valence-electron chi connectivity index (χ4n) is 17.0. The van der Waals surface area contributed by atoms with E-state index in [0.29, 0.717) is 0 Å².